The number of primary amides is 1. The maximum Gasteiger partial charge on any atom is 0.292 e. The molecule has 188 valence electrons. The van der Waals surface area contributed by atoms with Crippen molar-refractivity contribution in [1.82, 2.24) is 15.0 Å². The Kier molecular flexibility index (Phi) is 12.4. The maximum atomic E-state index is 8.95. The van der Waals surface area contributed by atoms with E-state index in [4.69, 9.17) is 9.59 Å². The van der Waals surface area contributed by atoms with Gasteiger partial charge in [0.05, 0.1) is 24.7 Å². The molecule has 9 nitrogen and oxygen atoms in total. The van der Waals surface area contributed by atoms with Crippen molar-refractivity contribution in [2.45, 2.75) is 34.1 Å². The zero-order valence-corrected chi connectivity index (χ0v) is 21.3. The summed E-state index contributed by atoms with van der Waals surface area (Å²) in [7, 11) is 3.18. The molecule has 0 spiro atoms. The number of methoxy groups -OCH3 is 1. The zero-order chi connectivity index (χ0) is 26.3. The van der Waals surface area contributed by atoms with Gasteiger partial charge >= 0.3 is 0 Å². The van der Waals surface area contributed by atoms with Crippen LogP contribution in [0.25, 0.3) is 22.4 Å². The summed E-state index contributed by atoms with van der Waals surface area (Å²) >= 11 is 0. The predicted octanol–water partition coefficient (Wildman–Crippen LogP) is 4.29. The second-order valence-electron chi connectivity index (χ2n) is 8.67. The van der Waals surface area contributed by atoms with Gasteiger partial charge in [0.15, 0.2) is 0 Å². The van der Waals surface area contributed by atoms with Crippen molar-refractivity contribution in [3.05, 3.63) is 54.6 Å². The molecule has 0 aliphatic carbocycles. The SMILES string of the molecule is CNc1cc(-c2cc(-c3cc(NCCC(C)(C)C)cnc3C)ccn2)ccn1.COC=O.NC=O. The van der Waals surface area contributed by atoms with E-state index in [0.29, 0.717) is 11.9 Å². The number of nitrogens with one attached hydrogen (secondary N) is 2. The molecule has 3 rings (SSSR count). The molecule has 3 aromatic rings. The van der Waals surface area contributed by atoms with E-state index in [1.165, 1.54) is 7.11 Å². The Balaban J connectivity index is 0.000000778. The summed E-state index contributed by atoms with van der Waals surface area (Å²) in [5.41, 5.74) is 10.7. The Bertz CT molecular complexity index is 1070. The van der Waals surface area contributed by atoms with Gasteiger partial charge in [0.2, 0.25) is 6.41 Å². The van der Waals surface area contributed by atoms with Crippen molar-refractivity contribution in [1.29, 1.82) is 0 Å². The highest BCUT2D eigenvalue weighted by Gasteiger charge is 2.11. The number of carbonyl (C=O) groups excluding carboxylic acids is 2. The highest BCUT2D eigenvalue weighted by Crippen LogP contribution is 2.29. The van der Waals surface area contributed by atoms with Crippen LogP contribution in [-0.2, 0) is 14.3 Å². The van der Waals surface area contributed by atoms with Crippen LogP contribution >= 0.6 is 0 Å². The molecule has 3 heterocycles. The highest BCUT2D eigenvalue weighted by atomic mass is 16.5. The van der Waals surface area contributed by atoms with Crippen LogP contribution in [0.15, 0.2) is 48.9 Å². The maximum absolute atomic E-state index is 8.95. The van der Waals surface area contributed by atoms with E-state index < -0.39 is 0 Å². The number of nitrogens with two attached hydrogens (primary N) is 1. The van der Waals surface area contributed by atoms with Crippen molar-refractivity contribution >= 4 is 24.4 Å². The Morgan fingerprint density at radius 2 is 1.66 bits per heavy atom. The molecule has 3 aromatic heterocycles. The molecule has 9 heteroatoms. The molecule has 4 N–H and O–H groups in total. The second kappa shape index (κ2) is 15.0. The second-order valence-corrected chi connectivity index (χ2v) is 8.67. The van der Waals surface area contributed by atoms with Gasteiger partial charge in [-0.25, -0.2) is 4.98 Å². The first kappa shape index (κ1) is 29.0. The van der Waals surface area contributed by atoms with Gasteiger partial charge in [-0.3, -0.25) is 19.6 Å². The van der Waals surface area contributed by atoms with Crippen LogP contribution in [0.2, 0.25) is 0 Å². The van der Waals surface area contributed by atoms with Crippen molar-refractivity contribution < 1.29 is 14.3 Å². The third-order valence-electron chi connectivity index (χ3n) is 4.77. The van der Waals surface area contributed by atoms with Crippen LogP contribution < -0.4 is 16.4 Å². The van der Waals surface area contributed by atoms with Gasteiger partial charge in [0, 0.05) is 42.8 Å². The summed E-state index contributed by atoms with van der Waals surface area (Å²) in [6.07, 6.45) is 6.91. The lowest BCUT2D eigenvalue weighted by atomic mass is 9.92. The highest BCUT2D eigenvalue weighted by molar-refractivity contribution is 5.74. The van der Waals surface area contributed by atoms with E-state index in [9.17, 15) is 0 Å². The summed E-state index contributed by atoms with van der Waals surface area (Å²) in [5, 5.41) is 6.58. The molecule has 0 aliphatic heterocycles. The first-order chi connectivity index (χ1) is 16.7. The lowest BCUT2D eigenvalue weighted by Gasteiger charge is -2.19. The van der Waals surface area contributed by atoms with Gasteiger partial charge in [-0.1, -0.05) is 20.8 Å². The Hall–Kier alpha value is -4.01. The predicted molar refractivity (Wildman–Crippen MR) is 141 cm³/mol. The van der Waals surface area contributed by atoms with Crippen molar-refractivity contribution in [2.24, 2.45) is 11.1 Å². The van der Waals surface area contributed by atoms with Crippen molar-refractivity contribution in [3.8, 4) is 22.4 Å². The summed E-state index contributed by atoms with van der Waals surface area (Å²) in [6.45, 7) is 10.1. The van der Waals surface area contributed by atoms with Gasteiger partial charge in [0.25, 0.3) is 6.47 Å². The smallest absolute Gasteiger partial charge is 0.292 e. The minimum absolute atomic E-state index is 0.250. The largest absolute Gasteiger partial charge is 0.471 e. The number of hydrogen-bond donors (Lipinski definition) is 3. The third-order valence-corrected chi connectivity index (χ3v) is 4.77. The Morgan fingerprint density at radius 3 is 2.26 bits per heavy atom. The molecule has 0 aliphatic rings. The molecule has 35 heavy (non-hydrogen) atoms. The fourth-order valence-electron chi connectivity index (χ4n) is 2.99. The van der Waals surface area contributed by atoms with E-state index in [-0.39, 0.29) is 6.41 Å². The van der Waals surface area contributed by atoms with E-state index >= 15 is 0 Å². The summed E-state index contributed by atoms with van der Waals surface area (Å²) in [6, 6.07) is 10.3. The van der Waals surface area contributed by atoms with E-state index in [2.05, 4.69) is 69.0 Å². The number of aromatic nitrogens is 3. The van der Waals surface area contributed by atoms with Gasteiger partial charge in [-0.2, -0.15) is 0 Å². The van der Waals surface area contributed by atoms with Crippen molar-refractivity contribution in [2.75, 3.05) is 31.3 Å². The number of pyridine rings is 3. The average Bonchev–Trinajstić information content (AvgIpc) is 2.85. The number of amides is 1. The zero-order valence-electron chi connectivity index (χ0n) is 21.3. The molecule has 0 aromatic carbocycles. The quantitative estimate of drug-likeness (QED) is 0.427. The van der Waals surface area contributed by atoms with Gasteiger partial charge in [0.1, 0.15) is 5.82 Å². The number of aryl methyl sites for hydroxylation is 1. The number of rotatable bonds is 7. The molecular formula is C26H36N6O3. The first-order valence-corrected chi connectivity index (χ1v) is 11.1. The molecule has 0 unspecified atom stereocenters. The number of carbonyl (C=O) groups is 2. The molecule has 1 amide bonds. The minimum atomic E-state index is 0.250. The monoisotopic (exact) mass is 480 g/mol. The van der Waals surface area contributed by atoms with Crippen LogP contribution in [0.5, 0.6) is 0 Å². The lowest BCUT2D eigenvalue weighted by molar-refractivity contribution is -0.126. The van der Waals surface area contributed by atoms with Crippen molar-refractivity contribution in [3.63, 3.8) is 0 Å². The van der Waals surface area contributed by atoms with Crippen LogP contribution in [0.1, 0.15) is 32.9 Å². The van der Waals surface area contributed by atoms with Gasteiger partial charge < -0.3 is 21.1 Å². The summed E-state index contributed by atoms with van der Waals surface area (Å²) in [4.78, 5) is 31.0. The van der Waals surface area contributed by atoms with Crippen LogP contribution in [0.3, 0.4) is 0 Å². The van der Waals surface area contributed by atoms with E-state index in [0.717, 1.165) is 52.5 Å². The van der Waals surface area contributed by atoms with Crippen LogP contribution in [0.4, 0.5) is 11.5 Å². The molecular weight excluding hydrogens is 444 g/mol. The summed E-state index contributed by atoms with van der Waals surface area (Å²) in [5.74, 6) is 0.826. The number of anilines is 2. The molecule has 0 atom stereocenters. The molecule has 0 fully saturated rings. The topological polar surface area (TPSA) is 132 Å². The lowest BCUT2D eigenvalue weighted by Crippen LogP contribution is -2.13. The number of ether oxygens (including phenoxy) is 1. The molecule has 0 saturated heterocycles. The average molecular weight is 481 g/mol. The van der Waals surface area contributed by atoms with Gasteiger partial charge in [-0.05, 0) is 54.7 Å². The summed E-state index contributed by atoms with van der Waals surface area (Å²) < 4.78 is 3.86. The normalized spacial score (nSPS) is 10.0. The van der Waals surface area contributed by atoms with Crippen LogP contribution in [0, 0.1) is 12.3 Å². The molecule has 0 bridgehead atoms. The van der Waals surface area contributed by atoms with Gasteiger partial charge in [-0.15, -0.1) is 0 Å². The molecule has 0 radical (unpaired) electrons. The fourth-order valence-corrected chi connectivity index (χ4v) is 2.99. The third kappa shape index (κ3) is 10.6. The minimum Gasteiger partial charge on any atom is -0.471 e. The number of nitrogens with zero attached hydrogens (tertiary/aromatic N) is 3. The van der Waals surface area contributed by atoms with Crippen LogP contribution in [-0.4, -0.2) is 48.5 Å². The Labute approximate surface area is 207 Å². The van der Waals surface area contributed by atoms with E-state index in [1.54, 1.807) is 6.20 Å². The standard InChI is InChI=1S/C23H29N5.C2H4O2.CH3NO/c1-16-20(14-19(15-28-16)25-11-8-23(2,3)4)17-6-9-26-21(12-17)18-7-10-27-22(13-18)24-5;1-4-2-3;2-1-3/h6-7,9-10,12-15,25H,8,11H2,1-5H3,(H,24,27);2H,1H3;1H,(H2,2,3). The number of hydrogen-bond acceptors (Lipinski definition) is 8. The fraction of sp³-hybridized carbons (Fsp3) is 0.346. The first-order valence-electron chi connectivity index (χ1n) is 11.1. The Morgan fingerprint density at radius 1 is 1.03 bits per heavy atom. The molecule has 0 saturated carbocycles. The van der Waals surface area contributed by atoms with E-state index in [1.807, 2.05) is 44.6 Å².